The molecule has 2 aromatic rings. The zero-order valence-corrected chi connectivity index (χ0v) is 10.1. The molecule has 0 spiro atoms. The summed E-state index contributed by atoms with van der Waals surface area (Å²) in [5.41, 5.74) is 5.95. The molecule has 1 heterocycles. The molecule has 0 saturated heterocycles. The quantitative estimate of drug-likeness (QED) is 0.851. The number of tetrazole rings is 1. The van der Waals surface area contributed by atoms with Crippen molar-refractivity contribution in [3.05, 3.63) is 30.1 Å². The number of nitrogens with zero attached hydrogens (tertiary/aromatic N) is 5. The number of halogens is 1. The summed E-state index contributed by atoms with van der Waals surface area (Å²) < 4.78 is 15.3. The lowest BCUT2D eigenvalue weighted by Crippen LogP contribution is -2.24. The molecule has 6 nitrogen and oxygen atoms in total. The van der Waals surface area contributed by atoms with E-state index in [0.717, 1.165) is 6.42 Å². The van der Waals surface area contributed by atoms with Gasteiger partial charge in [-0.2, -0.15) is 0 Å². The molecule has 0 aliphatic heterocycles. The van der Waals surface area contributed by atoms with Gasteiger partial charge in [-0.05, 0) is 35.5 Å². The Balaban J connectivity index is 2.37. The number of nitrogens with two attached hydrogens (primary N) is 1. The van der Waals surface area contributed by atoms with Crippen molar-refractivity contribution < 1.29 is 4.39 Å². The third-order valence-corrected chi connectivity index (χ3v) is 2.57. The van der Waals surface area contributed by atoms with Crippen molar-refractivity contribution in [2.75, 3.05) is 18.0 Å². The predicted octanol–water partition coefficient (Wildman–Crippen LogP) is 0.836. The molecule has 0 aliphatic carbocycles. The monoisotopic (exact) mass is 250 g/mol. The molecule has 0 amide bonds. The number of hydrogen-bond acceptors (Lipinski definition) is 5. The van der Waals surface area contributed by atoms with E-state index >= 15 is 0 Å². The van der Waals surface area contributed by atoms with Crippen LogP contribution in [0, 0.1) is 5.82 Å². The lowest BCUT2D eigenvalue weighted by Gasteiger charge is -2.22. The first-order valence-corrected chi connectivity index (χ1v) is 5.68. The summed E-state index contributed by atoms with van der Waals surface area (Å²) in [6, 6.07) is 6.53. The third kappa shape index (κ3) is 2.45. The van der Waals surface area contributed by atoms with Crippen LogP contribution < -0.4 is 10.6 Å². The van der Waals surface area contributed by atoms with Gasteiger partial charge in [0.05, 0.1) is 5.69 Å². The molecule has 0 atom stereocenters. The summed E-state index contributed by atoms with van der Waals surface area (Å²) in [5.74, 6) is 0.186. The van der Waals surface area contributed by atoms with Crippen LogP contribution in [-0.4, -0.2) is 33.3 Å². The Labute approximate surface area is 104 Å². The van der Waals surface area contributed by atoms with Crippen LogP contribution in [-0.2, 0) is 7.05 Å². The maximum atomic E-state index is 13.8. The highest BCUT2D eigenvalue weighted by Gasteiger charge is 2.17. The molecule has 7 heteroatoms. The van der Waals surface area contributed by atoms with E-state index < -0.39 is 0 Å². The van der Waals surface area contributed by atoms with E-state index in [4.69, 9.17) is 5.73 Å². The minimum atomic E-state index is -0.308. The smallest absolute Gasteiger partial charge is 0.249 e. The number of hydrogen-bond donors (Lipinski definition) is 1. The summed E-state index contributed by atoms with van der Waals surface area (Å²) in [7, 11) is 1.71. The fourth-order valence-electron chi connectivity index (χ4n) is 1.70. The summed E-state index contributed by atoms with van der Waals surface area (Å²) >= 11 is 0. The maximum absolute atomic E-state index is 13.8. The van der Waals surface area contributed by atoms with Crippen LogP contribution >= 0.6 is 0 Å². The first-order chi connectivity index (χ1) is 8.74. The SMILES string of the molecule is Cn1nnnc1N(CCCN)c1ccccc1F. The van der Waals surface area contributed by atoms with E-state index in [1.165, 1.54) is 10.7 Å². The van der Waals surface area contributed by atoms with Crippen molar-refractivity contribution in [1.82, 2.24) is 20.2 Å². The number of anilines is 2. The first kappa shape index (κ1) is 12.4. The Hall–Kier alpha value is -2.02. The molecule has 18 heavy (non-hydrogen) atoms. The summed E-state index contributed by atoms with van der Waals surface area (Å²) in [6.45, 7) is 1.09. The van der Waals surface area contributed by atoms with E-state index in [1.807, 2.05) is 0 Å². The molecule has 0 bridgehead atoms. The second-order valence-corrected chi connectivity index (χ2v) is 3.85. The molecule has 0 aliphatic rings. The van der Waals surface area contributed by atoms with Crippen LogP contribution in [0.2, 0.25) is 0 Å². The van der Waals surface area contributed by atoms with Gasteiger partial charge in [-0.15, -0.1) is 0 Å². The number of aromatic nitrogens is 4. The molecule has 2 N–H and O–H groups in total. The molecule has 96 valence electrons. The fraction of sp³-hybridized carbons (Fsp3) is 0.364. The molecule has 1 aromatic carbocycles. The molecule has 1 aromatic heterocycles. The van der Waals surface area contributed by atoms with E-state index in [-0.39, 0.29) is 5.82 Å². The van der Waals surface area contributed by atoms with E-state index in [2.05, 4.69) is 15.5 Å². The van der Waals surface area contributed by atoms with Crippen LogP contribution in [0.4, 0.5) is 16.0 Å². The average Bonchev–Trinajstić information content (AvgIpc) is 2.78. The highest BCUT2D eigenvalue weighted by Crippen LogP contribution is 2.25. The summed E-state index contributed by atoms with van der Waals surface area (Å²) in [4.78, 5) is 1.72. The number of aryl methyl sites for hydroxylation is 1. The minimum absolute atomic E-state index is 0.308. The number of benzene rings is 1. The van der Waals surface area contributed by atoms with Crippen LogP contribution in [0.1, 0.15) is 6.42 Å². The molecule has 0 saturated carbocycles. The average molecular weight is 250 g/mol. The molecule has 0 fully saturated rings. The number of para-hydroxylation sites is 1. The highest BCUT2D eigenvalue weighted by molar-refractivity contribution is 5.57. The zero-order chi connectivity index (χ0) is 13.0. The summed E-state index contributed by atoms with van der Waals surface area (Å²) in [6.07, 6.45) is 0.723. The van der Waals surface area contributed by atoms with Gasteiger partial charge in [0, 0.05) is 13.6 Å². The van der Waals surface area contributed by atoms with E-state index in [1.54, 1.807) is 30.1 Å². The van der Waals surface area contributed by atoms with Gasteiger partial charge in [0.25, 0.3) is 0 Å². The molecule has 0 unspecified atom stereocenters. The van der Waals surface area contributed by atoms with Gasteiger partial charge < -0.3 is 10.6 Å². The molecule has 0 radical (unpaired) electrons. The fourth-order valence-corrected chi connectivity index (χ4v) is 1.70. The van der Waals surface area contributed by atoms with Crippen molar-refractivity contribution in [1.29, 1.82) is 0 Å². The van der Waals surface area contributed by atoms with Crippen LogP contribution in [0.25, 0.3) is 0 Å². The Morgan fingerprint density at radius 3 is 2.78 bits per heavy atom. The van der Waals surface area contributed by atoms with Crippen LogP contribution in [0.3, 0.4) is 0 Å². The number of rotatable bonds is 5. The van der Waals surface area contributed by atoms with Gasteiger partial charge in [-0.25, -0.2) is 9.07 Å². The normalized spacial score (nSPS) is 10.6. The standard InChI is InChI=1S/C11H15FN6/c1-17-11(14-15-16-17)18(8-4-7-13)10-6-3-2-5-9(10)12/h2-3,5-6H,4,7-8,13H2,1H3. The van der Waals surface area contributed by atoms with Crippen LogP contribution in [0.5, 0.6) is 0 Å². The summed E-state index contributed by atoms with van der Waals surface area (Å²) in [5, 5.41) is 11.2. The van der Waals surface area contributed by atoms with Crippen molar-refractivity contribution in [2.24, 2.45) is 12.8 Å². The lowest BCUT2D eigenvalue weighted by molar-refractivity contribution is 0.619. The second-order valence-electron chi connectivity index (χ2n) is 3.85. The first-order valence-electron chi connectivity index (χ1n) is 5.68. The highest BCUT2D eigenvalue weighted by atomic mass is 19.1. The van der Waals surface area contributed by atoms with Gasteiger partial charge in [0.2, 0.25) is 5.95 Å². The zero-order valence-electron chi connectivity index (χ0n) is 10.1. The Morgan fingerprint density at radius 1 is 1.39 bits per heavy atom. The molecule has 2 rings (SSSR count). The Morgan fingerprint density at radius 2 is 2.17 bits per heavy atom. The third-order valence-electron chi connectivity index (χ3n) is 2.57. The van der Waals surface area contributed by atoms with Crippen molar-refractivity contribution in [2.45, 2.75) is 6.42 Å². The second kappa shape index (κ2) is 5.54. The maximum Gasteiger partial charge on any atom is 0.249 e. The topological polar surface area (TPSA) is 72.9 Å². The minimum Gasteiger partial charge on any atom is -0.330 e. The van der Waals surface area contributed by atoms with Gasteiger partial charge in [0.15, 0.2) is 0 Å². The van der Waals surface area contributed by atoms with Crippen molar-refractivity contribution in [3.63, 3.8) is 0 Å². The van der Waals surface area contributed by atoms with Gasteiger partial charge >= 0.3 is 0 Å². The predicted molar refractivity (Wildman–Crippen MR) is 65.9 cm³/mol. The molecular weight excluding hydrogens is 235 g/mol. The van der Waals surface area contributed by atoms with E-state index in [0.29, 0.717) is 24.7 Å². The van der Waals surface area contributed by atoms with Crippen molar-refractivity contribution in [3.8, 4) is 0 Å². The van der Waals surface area contributed by atoms with Gasteiger partial charge in [-0.3, -0.25) is 0 Å². The van der Waals surface area contributed by atoms with E-state index in [9.17, 15) is 4.39 Å². The largest absolute Gasteiger partial charge is 0.330 e. The van der Waals surface area contributed by atoms with Gasteiger partial charge in [-0.1, -0.05) is 17.2 Å². The van der Waals surface area contributed by atoms with Gasteiger partial charge in [0.1, 0.15) is 5.82 Å². The van der Waals surface area contributed by atoms with Crippen molar-refractivity contribution >= 4 is 11.6 Å². The Bertz CT molecular complexity index is 512. The molecular formula is C11H15FN6. The Kier molecular flexibility index (Phi) is 3.83. The van der Waals surface area contributed by atoms with Crippen LogP contribution in [0.15, 0.2) is 24.3 Å². The lowest BCUT2D eigenvalue weighted by atomic mass is 10.2.